The molecule has 1 amide bonds. The van der Waals surface area contributed by atoms with Gasteiger partial charge in [0.05, 0.1) is 0 Å². The molecule has 0 N–H and O–H groups in total. The van der Waals surface area contributed by atoms with Gasteiger partial charge in [0, 0.05) is 20.0 Å². The molecule has 1 aliphatic heterocycles. The van der Waals surface area contributed by atoms with Gasteiger partial charge in [0.1, 0.15) is 0 Å². The average molecular weight is 167 g/mol. The lowest BCUT2D eigenvalue weighted by Crippen LogP contribution is -2.24. The molecular weight excluding hydrogens is 150 g/mol. The second-order valence-electron chi connectivity index (χ2n) is 2.68. The van der Waals surface area contributed by atoms with Gasteiger partial charge >= 0.3 is 0 Å². The number of amides is 1. The molecule has 0 bridgehead atoms. The van der Waals surface area contributed by atoms with Crippen molar-refractivity contribution in [3.8, 4) is 0 Å². The summed E-state index contributed by atoms with van der Waals surface area (Å²) in [5, 5.41) is 0. The summed E-state index contributed by atoms with van der Waals surface area (Å²) in [7, 11) is 0. The predicted octanol–water partition coefficient (Wildman–Crippen LogP) is 1.99. The summed E-state index contributed by atoms with van der Waals surface area (Å²) in [6.45, 7) is 10.3. The first-order valence-corrected chi connectivity index (χ1v) is 4.21. The Balaban J connectivity index is 0.000000261. The highest BCUT2D eigenvalue weighted by Gasteiger charge is 2.12. The van der Waals surface area contributed by atoms with Crippen LogP contribution in [0.3, 0.4) is 0 Å². The summed E-state index contributed by atoms with van der Waals surface area (Å²) < 4.78 is 0. The summed E-state index contributed by atoms with van der Waals surface area (Å²) in [6.07, 6.45) is 5.67. The lowest BCUT2D eigenvalue weighted by molar-refractivity contribution is -0.127. The normalized spacial score (nSPS) is 14.6. The van der Waals surface area contributed by atoms with Crippen molar-refractivity contribution in [2.45, 2.75) is 19.8 Å². The third-order valence-corrected chi connectivity index (χ3v) is 1.72. The van der Waals surface area contributed by atoms with E-state index >= 15 is 0 Å². The molecule has 0 aromatic rings. The van der Waals surface area contributed by atoms with E-state index in [1.807, 2.05) is 4.90 Å². The number of allylic oxidation sites excluding steroid dienone is 2. The van der Waals surface area contributed by atoms with Gasteiger partial charge in [-0.1, -0.05) is 25.3 Å². The molecule has 0 saturated carbocycles. The molecule has 1 fully saturated rings. The van der Waals surface area contributed by atoms with Gasteiger partial charge in [-0.3, -0.25) is 4.79 Å². The minimum absolute atomic E-state index is 0.225. The molecule has 1 heterocycles. The molecule has 0 aromatic carbocycles. The van der Waals surface area contributed by atoms with E-state index in [-0.39, 0.29) is 5.91 Å². The highest BCUT2D eigenvalue weighted by Crippen LogP contribution is 2.05. The Kier molecular flexibility index (Phi) is 6.07. The van der Waals surface area contributed by atoms with Gasteiger partial charge in [-0.15, -0.1) is 0 Å². The average Bonchev–Trinajstić information content (AvgIpc) is 2.57. The van der Waals surface area contributed by atoms with Gasteiger partial charge in [0.25, 0.3) is 0 Å². The number of carbonyl (C=O) groups is 1. The standard InChI is InChI=1S/C6H11NO.C4H6/c1-6(8)7-4-2-3-5-7;1-3-4-2/h2-5H2,1H3;3-4H,1-2H2. The highest BCUT2D eigenvalue weighted by atomic mass is 16.2. The largest absolute Gasteiger partial charge is 0.343 e. The zero-order chi connectivity index (χ0) is 9.40. The second-order valence-corrected chi connectivity index (χ2v) is 2.68. The Bertz CT molecular complexity index is 151. The van der Waals surface area contributed by atoms with Crippen molar-refractivity contribution in [3.05, 3.63) is 25.3 Å². The quantitative estimate of drug-likeness (QED) is 0.547. The second kappa shape index (κ2) is 6.65. The number of rotatable bonds is 1. The molecule has 68 valence electrons. The minimum Gasteiger partial charge on any atom is -0.343 e. The molecule has 12 heavy (non-hydrogen) atoms. The summed E-state index contributed by atoms with van der Waals surface area (Å²) in [5.74, 6) is 0.225. The van der Waals surface area contributed by atoms with Crippen molar-refractivity contribution in [3.63, 3.8) is 0 Å². The number of carbonyl (C=O) groups excluding carboxylic acids is 1. The molecule has 0 aromatic heterocycles. The van der Waals surface area contributed by atoms with E-state index in [1.54, 1.807) is 19.1 Å². The van der Waals surface area contributed by atoms with Crippen LogP contribution in [0.4, 0.5) is 0 Å². The Labute approximate surface area is 74.6 Å². The third-order valence-electron chi connectivity index (χ3n) is 1.72. The fraction of sp³-hybridized carbons (Fsp3) is 0.500. The van der Waals surface area contributed by atoms with E-state index in [4.69, 9.17) is 0 Å². The van der Waals surface area contributed by atoms with Crippen LogP contribution in [0.15, 0.2) is 25.3 Å². The monoisotopic (exact) mass is 167 g/mol. The Hall–Kier alpha value is -1.05. The van der Waals surface area contributed by atoms with Gasteiger partial charge in [0.15, 0.2) is 0 Å². The smallest absolute Gasteiger partial charge is 0.219 e. The van der Waals surface area contributed by atoms with Crippen LogP contribution in [0.2, 0.25) is 0 Å². The maximum atomic E-state index is 10.6. The first kappa shape index (κ1) is 11.0. The molecule has 0 aliphatic carbocycles. The van der Waals surface area contributed by atoms with Crippen molar-refractivity contribution >= 4 is 5.91 Å². The Morgan fingerprint density at radius 1 is 1.25 bits per heavy atom. The lowest BCUT2D eigenvalue weighted by Gasteiger charge is -2.10. The molecule has 2 nitrogen and oxygen atoms in total. The van der Waals surface area contributed by atoms with E-state index in [0.29, 0.717) is 0 Å². The molecule has 0 unspecified atom stereocenters. The van der Waals surface area contributed by atoms with Crippen LogP contribution in [-0.4, -0.2) is 23.9 Å². The molecule has 1 aliphatic rings. The first-order valence-electron chi connectivity index (χ1n) is 4.21. The van der Waals surface area contributed by atoms with Gasteiger partial charge in [-0.05, 0) is 12.8 Å². The van der Waals surface area contributed by atoms with Crippen molar-refractivity contribution in [2.24, 2.45) is 0 Å². The van der Waals surface area contributed by atoms with Crippen molar-refractivity contribution in [2.75, 3.05) is 13.1 Å². The van der Waals surface area contributed by atoms with Gasteiger partial charge in [-0.2, -0.15) is 0 Å². The molecule has 2 heteroatoms. The maximum Gasteiger partial charge on any atom is 0.219 e. The summed E-state index contributed by atoms with van der Waals surface area (Å²) in [5.41, 5.74) is 0. The summed E-state index contributed by atoms with van der Waals surface area (Å²) in [6, 6.07) is 0. The number of nitrogens with zero attached hydrogens (tertiary/aromatic N) is 1. The summed E-state index contributed by atoms with van der Waals surface area (Å²) in [4.78, 5) is 12.5. The Morgan fingerprint density at radius 2 is 1.67 bits per heavy atom. The van der Waals surface area contributed by atoms with Crippen LogP contribution >= 0.6 is 0 Å². The van der Waals surface area contributed by atoms with Crippen LogP contribution < -0.4 is 0 Å². The number of hydrogen-bond acceptors (Lipinski definition) is 1. The van der Waals surface area contributed by atoms with Gasteiger partial charge in [-0.25, -0.2) is 0 Å². The third kappa shape index (κ3) is 4.72. The fourth-order valence-corrected chi connectivity index (χ4v) is 1.03. The predicted molar refractivity (Wildman–Crippen MR) is 51.9 cm³/mol. The van der Waals surface area contributed by atoms with Crippen molar-refractivity contribution in [1.29, 1.82) is 0 Å². The first-order chi connectivity index (χ1) is 5.72. The van der Waals surface area contributed by atoms with E-state index in [2.05, 4.69) is 13.2 Å². The van der Waals surface area contributed by atoms with E-state index in [0.717, 1.165) is 13.1 Å². The zero-order valence-corrected chi connectivity index (χ0v) is 7.75. The van der Waals surface area contributed by atoms with Crippen LogP contribution in [-0.2, 0) is 4.79 Å². The molecule has 0 atom stereocenters. The van der Waals surface area contributed by atoms with Crippen LogP contribution in [0.1, 0.15) is 19.8 Å². The molecular formula is C10H17NO. The van der Waals surface area contributed by atoms with E-state index < -0.39 is 0 Å². The zero-order valence-electron chi connectivity index (χ0n) is 7.75. The lowest BCUT2D eigenvalue weighted by atomic mass is 10.4. The fourth-order valence-electron chi connectivity index (χ4n) is 1.03. The number of hydrogen-bond donors (Lipinski definition) is 0. The van der Waals surface area contributed by atoms with Gasteiger partial charge < -0.3 is 4.90 Å². The van der Waals surface area contributed by atoms with Crippen LogP contribution in [0.5, 0.6) is 0 Å². The molecule has 0 spiro atoms. The van der Waals surface area contributed by atoms with Crippen molar-refractivity contribution < 1.29 is 4.79 Å². The van der Waals surface area contributed by atoms with Crippen LogP contribution in [0.25, 0.3) is 0 Å². The van der Waals surface area contributed by atoms with Crippen molar-refractivity contribution in [1.82, 2.24) is 4.90 Å². The van der Waals surface area contributed by atoms with Gasteiger partial charge in [0.2, 0.25) is 5.91 Å². The topological polar surface area (TPSA) is 20.3 Å². The maximum absolute atomic E-state index is 10.6. The highest BCUT2D eigenvalue weighted by molar-refractivity contribution is 5.73. The van der Waals surface area contributed by atoms with Crippen LogP contribution in [0, 0.1) is 0 Å². The minimum atomic E-state index is 0.225. The SMILES string of the molecule is C=CC=C.CC(=O)N1CCCC1. The van der Waals surface area contributed by atoms with E-state index in [1.165, 1.54) is 12.8 Å². The molecule has 1 saturated heterocycles. The molecule has 0 radical (unpaired) electrons. The summed E-state index contributed by atoms with van der Waals surface area (Å²) >= 11 is 0. The number of likely N-dealkylation sites (tertiary alicyclic amines) is 1. The van der Waals surface area contributed by atoms with E-state index in [9.17, 15) is 4.79 Å². The Morgan fingerprint density at radius 3 is 1.83 bits per heavy atom. The molecule has 1 rings (SSSR count).